The molecule has 0 aromatic rings. The van der Waals surface area contributed by atoms with Crippen molar-refractivity contribution in [3.05, 3.63) is 0 Å². The van der Waals surface area contributed by atoms with E-state index >= 15 is 0 Å². The van der Waals surface area contributed by atoms with E-state index in [2.05, 4.69) is 34.0 Å². The molecule has 7 heteroatoms. The highest BCUT2D eigenvalue weighted by atomic mass is 16.5. The van der Waals surface area contributed by atoms with Gasteiger partial charge in [0.05, 0.1) is 0 Å². The van der Waals surface area contributed by atoms with E-state index in [-0.39, 0.29) is 12.0 Å². The Hall–Kier alpha value is -1.34. The van der Waals surface area contributed by atoms with Crippen molar-refractivity contribution < 1.29 is 9.53 Å². The predicted molar refractivity (Wildman–Crippen MR) is 106 cm³/mol. The Balaban J connectivity index is 1.65. The first-order chi connectivity index (χ1) is 12.7. The zero-order valence-electron chi connectivity index (χ0n) is 16.9. The van der Waals surface area contributed by atoms with Gasteiger partial charge in [-0.25, -0.2) is 0 Å². The van der Waals surface area contributed by atoms with Crippen LogP contribution in [0.25, 0.3) is 0 Å². The minimum atomic E-state index is -0.204. The summed E-state index contributed by atoms with van der Waals surface area (Å²) >= 11 is 0. The largest absolute Gasteiger partial charge is 0.368 e. The highest BCUT2D eigenvalue weighted by Crippen LogP contribution is 2.16. The van der Waals surface area contributed by atoms with E-state index < -0.39 is 0 Å². The first kappa shape index (κ1) is 21.0. The smallest absolute Gasteiger partial charge is 0.251 e. The Morgan fingerprint density at radius 1 is 1.15 bits per heavy atom. The molecule has 2 saturated heterocycles. The zero-order chi connectivity index (χ0) is 18.8. The number of hydrogen-bond donors (Lipinski definition) is 1. The Morgan fingerprint density at radius 3 is 2.42 bits per heavy atom. The van der Waals surface area contributed by atoms with E-state index in [1.165, 1.54) is 6.42 Å². The summed E-state index contributed by atoms with van der Waals surface area (Å²) in [6, 6.07) is 0. The summed E-state index contributed by atoms with van der Waals surface area (Å²) in [4.78, 5) is 23.5. The van der Waals surface area contributed by atoms with E-state index in [9.17, 15) is 4.79 Å². The Morgan fingerprint density at radius 2 is 1.85 bits per heavy atom. The molecular formula is C19H37N5O2. The van der Waals surface area contributed by atoms with Gasteiger partial charge in [-0.1, -0.05) is 13.8 Å². The maximum atomic E-state index is 12.4. The molecule has 0 radical (unpaired) electrons. The van der Waals surface area contributed by atoms with Gasteiger partial charge in [0.15, 0.2) is 5.96 Å². The maximum absolute atomic E-state index is 12.4. The summed E-state index contributed by atoms with van der Waals surface area (Å²) in [6.45, 7) is 12.7. The molecule has 0 bridgehead atoms. The van der Waals surface area contributed by atoms with E-state index in [0.717, 1.165) is 84.2 Å². The molecule has 0 saturated carbocycles. The lowest BCUT2D eigenvalue weighted by molar-refractivity contribution is -0.142. The molecule has 0 aliphatic carbocycles. The fraction of sp³-hybridized carbons (Fsp3) is 0.895. The van der Waals surface area contributed by atoms with Crippen LogP contribution in [0.3, 0.4) is 0 Å². The second-order valence-corrected chi connectivity index (χ2v) is 7.02. The zero-order valence-corrected chi connectivity index (χ0v) is 16.9. The van der Waals surface area contributed by atoms with Crippen molar-refractivity contribution >= 4 is 11.9 Å². The first-order valence-electron chi connectivity index (χ1n) is 10.3. The van der Waals surface area contributed by atoms with Crippen LogP contribution in [0.5, 0.6) is 0 Å². The van der Waals surface area contributed by atoms with Crippen LogP contribution >= 0.6 is 0 Å². The van der Waals surface area contributed by atoms with E-state index in [1.54, 1.807) is 0 Å². The number of unbranched alkanes of at least 4 members (excludes halogenated alkanes) is 1. The number of carbonyl (C=O) groups is 1. The third-order valence-electron chi connectivity index (χ3n) is 5.39. The molecule has 1 atom stereocenters. The van der Waals surface area contributed by atoms with Gasteiger partial charge in [0.1, 0.15) is 6.10 Å². The number of piperazine rings is 1. The van der Waals surface area contributed by atoms with Crippen LogP contribution < -0.4 is 5.32 Å². The average Bonchev–Trinajstić information content (AvgIpc) is 3.22. The highest BCUT2D eigenvalue weighted by molar-refractivity contribution is 5.82. The van der Waals surface area contributed by atoms with Gasteiger partial charge in [-0.15, -0.1) is 0 Å². The second kappa shape index (κ2) is 11.4. The monoisotopic (exact) mass is 367 g/mol. The third kappa shape index (κ3) is 6.13. The number of carbonyl (C=O) groups excluding carboxylic acids is 1. The molecule has 2 fully saturated rings. The van der Waals surface area contributed by atoms with Gasteiger partial charge in [0.2, 0.25) is 0 Å². The van der Waals surface area contributed by atoms with Crippen molar-refractivity contribution in [1.82, 2.24) is 20.0 Å². The van der Waals surface area contributed by atoms with Gasteiger partial charge >= 0.3 is 0 Å². The first-order valence-corrected chi connectivity index (χ1v) is 10.3. The molecule has 2 rings (SSSR count). The van der Waals surface area contributed by atoms with Crippen molar-refractivity contribution in [2.75, 3.05) is 66.0 Å². The van der Waals surface area contributed by atoms with Crippen LogP contribution in [0.2, 0.25) is 0 Å². The van der Waals surface area contributed by atoms with Crippen LogP contribution in [0.15, 0.2) is 4.99 Å². The summed E-state index contributed by atoms with van der Waals surface area (Å²) < 4.78 is 5.53. The van der Waals surface area contributed by atoms with Crippen molar-refractivity contribution in [1.29, 1.82) is 0 Å². The van der Waals surface area contributed by atoms with E-state index in [0.29, 0.717) is 0 Å². The Kier molecular flexibility index (Phi) is 9.18. The van der Waals surface area contributed by atoms with Gasteiger partial charge in [-0.05, 0) is 45.3 Å². The lowest BCUT2D eigenvalue weighted by Crippen LogP contribution is -2.55. The summed E-state index contributed by atoms with van der Waals surface area (Å²) in [5.74, 6) is 1.12. The fourth-order valence-corrected chi connectivity index (χ4v) is 3.65. The summed E-state index contributed by atoms with van der Waals surface area (Å²) in [7, 11) is 1.84. The minimum Gasteiger partial charge on any atom is -0.368 e. The van der Waals surface area contributed by atoms with Gasteiger partial charge in [0, 0.05) is 46.4 Å². The molecule has 2 aliphatic rings. The molecule has 0 spiro atoms. The molecule has 0 aromatic carbocycles. The fourth-order valence-electron chi connectivity index (χ4n) is 3.65. The molecule has 150 valence electrons. The van der Waals surface area contributed by atoms with E-state index in [1.807, 2.05) is 11.9 Å². The van der Waals surface area contributed by atoms with Crippen molar-refractivity contribution in [2.24, 2.45) is 4.99 Å². The van der Waals surface area contributed by atoms with Gasteiger partial charge in [0.25, 0.3) is 5.91 Å². The number of rotatable bonds is 8. The summed E-state index contributed by atoms with van der Waals surface area (Å²) in [5, 5.41) is 3.48. The van der Waals surface area contributed by atoms with Gasteiger partial charge < -0.3 is 24.8 Å². The number of guanidine groups is 1. The second-order valence-electron chi connectivity index (χ2n) is 7.02. The predicted octanol–water partition coefficient (Wildman–Crippen LogP) is 1.01. The molecule has 0 aromatic heterocycles. The summed E-state index contributed by atoms with van der Waals surface area (Å²) in [6.07, 6.45) is 4.02. The maximum Gasteiger partial charge on any atom is 0.251 e. The van der Waals surface area contributed by atoms with Crippen LogP contribution in [-0.2, 0) is 9.53 Å². The molecule has 7 nitrogen and oxygen atoms in total. The highest BCUT2D eigenvalue weighted by Gasteiger charge is 2.30. The van der Waals surface area contributed by atoms with Crippen molar-refractivity contribution in [3.8, 4) is 0 Å². The molecular weight excluding hydrogens is 330 g/mol. The number of nitrogens with zero attached hydrogens (tertiary/aromatic N) is 4. The quantitative estimate of drug-likeness (QED) is 0.394. The number of aliphatic imine (C=N–C) groups is 1. The average molecular weight is 368 g/mol. The molecule has 26 heavy (non-hydrogen) atoms. The van der Waals surface area contributed by atoms with Crippen molar-refractivity contribution in [2.45, 2.75) is 45.6 Å². The number of ether oxygens (including phenoxy) is 1. The van der Waals surface area contributed by atoms with Crippen molar-refractivity contribution in [3.63, 3.8) is 0 Å². The topological polar surface area (TPSA) is 60.4 Å². The molecule has 2 aliphatic heterocycles. The van der Waals surface area contributed by atoms with Crippen LogP contribution in [0.1, 0.15) is 39.5 Å². The summed E-state index contributed by atoms with van der Waals surface area (Å²) in [5.41, 5.74) is 0. The number of nitrogens with one attached hydrogen (secondary N) is 1. The Bertz CT molecular complexity index is 439. The lowest BCUT2D eigenvalue weighted by Gasteiger charge is -2.37. The standard InChI is InChI=1S/C19H37N5O2/c1-4-22(5-2)11-7-6-10-21-19(20-3)24-14-12-23(13-15-24)18(25)17-9-8-16-26-17/h17H,4-16H2,1-3H3,(H,20,21). The third-order valence-corrected chi connectivity index (χ3v) is 5.39. The van der Waals surface area contributed by atoms with Crippen LogP contribution in [0, 0.1) is 0 Å². The molecule has 1 unspecified atom stereocenters. The lowest BCUT2D eigenvalue weighted by atomic mass is 10.2. The molecule has 1 amide bonds. The normalized spacial score (nSPS) is 21.5. The number of hydrogen-bond acceptors (Lipinski definition) is 4. The van der Waals surface area contributed by atoms with Crippen LogP contribution in [-0.4, -0.2) is 98.7 Å². The SMILES string of the molecule is CCN(CC)CCCCNC(=NC)N1CCN(C(=O)C2CCCO2)CC1. The number of amides is 1. The van der Waals surface area contributed by atoms with E-state index in [4.69, 9.17) is 4.74 Å². The molecule has 2 heterocycles. The van der Waals surface area contributed by atoms with Crippen LogP contribution in [0.4, 0.5) is 0 Å². The molecule has 1 N–H and O–H groups in total. The van der Waals surface area contributed by atoms with Gasteiger partial charge in [-0.3, -0.25) is 9.79 Å². The Labute approximate surface area is 158 Å². The minimum absolute atomic E-state index is 0.168. The van der Waals surface area contributed by atoms with Gasteiger partial charge in [-0.2, -0.15) is 0 Å².